The number of rotatable bonds is 7. The lowest BCUT2D eigenvalue weighted by Gasteiger charge is -2.36. The number of carbonyl (C=O) groups excluding carboxylic acids is 3. The van der Waals surface area contributed by atoms with Crippen molar-refractivity contribution in [1.82, 2.24) is 20.3 Å². The van der Waals surface area contributed by atoms with E-state index in [1.165, 1.54) is 5.06 Å². The van der Waals surface area contributed by atoms with Crippen molar-refractivity contribution in [2.75, 3.05) is 19.7 Å². The summed E-state index contributed by atoms with van der Waals surface area (Å²) in [6, 6.07) is 8.50. The van der Waals surface area contributed by atoms with E-state index in [1.807, 2.05) is 51.1 Å². The van der Waals surface area contributed by atoms with Gasteiger partial charge in [-0.05, 0) is 58.4 Å². The van der Waals surface area contributed by atoms with E-state index < -0.39 is 11.6 Å². The van der Waals surface area contributed by atoms with Crippen molar-refractivity contribution in [3.8, 4) is 0 Å². The number of piperidine rings is 2. The molecule has 1 N–H and O–H groups in total. The molecule has 0 unspecified atom stereocenters. The molecule has 3 saturated heterocycles. The van der Waals surface area contributed by atoms with Gasteiger partial charge in [0.25, 0.3) is 5.91 Å². The highest BCUT2D eigenvalue weighted by Crippen LogP contribution is 2.30. The average molecular weight is 489 g/mol. The van der Waals surface area contributed by atoms with Crippen LogP contribution in [-0.2, 0) is 25.8 Å². The van der Waals surface area contributed by atoms with E-state index >= 15 is 0 Å². The van der Waals surface area contributed by atoms with Gasteiger partial charge in [0.1, 0.15) is 18.2 Å². The summed E-state index contributed by atoms with van der Waals surface area (Å²) in [6.07, 6.45) is 3.50. The molecule has 192 valence electrons. The first kappa shape index (κ1) is 25.2. The van der Waals surface area contributed by atoms with Crippen LogP contribution in [0.4, 0.5) is 9.59 Å². The molecule has 0 aliphatic carbocycles. The molecule has 10 heteroatoms. The van der Waals surface area contributed by atoms with Crippen molar-refractivity contribution in [2.24, 2.45) is 0 Å². The van der Waals surface area contributed by atoms with Crippen LogP contribution in [0, 0.1) is 0 Å². The number of likely N-dealkylation sites (tertiary alicyclic amines) is 1. The van der Waals surface area contributed by atoms with Gasteiger partial charge in [0, 0.05) is 13.1 Å². The zero-order chi connectivity index (χ0) is 25.0. The number of hydrogen-bond acceptors (Lipinski definition) is 6. The van der Waals surface area contributed by atoms with Crippen LogP contribution < -0.4 is 5.48 Å². The van der Waals surface area contributed by atoms with E-state index in [4.69, 9.17) is 14.4 Å². The molecule has 10 nitrogen and oxygen atoms in total. The Hall–Kier alpha value is -2.85. The van der Waals surface area contributed by atoms with Crippen LogP contribution in [0.3, 0.4) is 0 Å². The molecule has 3 heterocycles. The van der Waals surface area contributed by atoms with Crippen LogP contribution >= 0.6 is 0 Å². The molecule has 3 fully saturated rings. The Morgan fingerprint density at radius 3 is 2.60 bits per heavy atom. The molecular formula is C25H36N4O6. The summed E-state index contributed by atoms with van der Waals surface area (Å²) in [4.78, 5) is 52.9. The maximum Gasteiger partial charge on any atom is 0.410 e. The Morgan fingerprint density at radius 2 is 1.86 bits per heavy atom. The highest BCUT2D eigenvalue weighted by Gasteiger charge is 2.48. The largest absolute Gasteiger partial charge is 0.444 e. The van der Waals surface area contributed by atoms with Crippen LogP contribution in [0.25, 0.3) is 0 Å². The van der Waals surface area contributed by atoms with Crippen molar-refractivity contribution in [1.29, 1.82) is 0 Å². The van der Waals surface area contributed by atoms with Gasteiger partial charge in [-0.15, -0.1) is 0 Å². The molecule has 2 bridgehead atoms. The van der Waals surface area contributed by atoms with Crippen molar-refractivity contribution >= 4 is 18.0 Å². The molecule has 0 radical (unpaired) electrons. The summed E-state index contributed by atoms with van der Waals surface area (Å²) in [5.41, 5.74) is 2.91. The van der Waals surface area contributed by atoms with Crippen molar-refractivity contribution in [3.05, 3.63) is 35.9 Å². The molecule has 1 aromatic rings. The molecule has 3 aliphatic rings. The third-order valence-electron chi connectivity index (χ3n) is 6.54. The number of fused-ring (bicyclic) bond motifs is 2. The number of nitrogens with zero attached hydrogens (tertiary/aromatic N) is 3. The van der Waals surface area contributed by atoms with Gasteiger partial charge in [0.05, 0.1) is 18.7 Å². The van der Waals surface area contributed by atoms with Gasteiger partial charge >= 0.3 is 12.1 Å². The molecule has 0 aromatic heterocycles. The van der Waals surface area contributed by atoms with Crippen LogP contribution in [0.1, 0.15) is 58.4 Å². The predicted octanol–water partition coefficient (Wildman–Crippen LogP) is 3.22. The van der Waals surface area contributed by atoms with Gasteiger partial charge < -0.3 is 14.5 Å². The molecule has 1 aromatic carbocycles. The minimum atomic E-state index is -0.614. The summed E-state index contributed by atoms with van der Waals surface area (Å²) in [6.45, 7) is 7.02. The number of nitrogens with one attached hydrogen (secondary N) is 1. The SMILES string of the molecule is CC(C)(C)OC(=O)N1CCCC[C@@H]1CONC(=O)[C@@H]1CC[C@@H]2CN1C(=O)N2OCc1ccccc1. The molecule has 4 amide bonds. The molecule has 4 rings (SSSR count). The summed E-state index contributed by atoms with van der Waals surface area (Å²) < 4.78 is 5.52. The average Bonchev–Trinajstić information content (AvgIpc) is 3.06. The smallest absolute Gasteiger partial charge is 0.410 e. The van der Waals surface area contributed by atoms with Gasteiger partial charge in [-0.25, -0.2) is 15.1 Å². The topological polar surface area (TPSA) is 101 Å². The van der Waals surface area contributed by atoms with E-state index in [0.29, 0.717) is 32.5 Å². The number of carbonyl (C=O) groups is 3. The minimum Gasteiger partial charge on any atom is -0.444 e. The fraction of sp³-hybridized carbons (Fsp3) is 0.640. The quantitative estimate of drug-likeness (QED) is 0.592. The molecule has 3 aliphatic heterocycles. The van der Waals surface area contributed by atoms with Crippen LogP contribution in [-0.4, -0.2) is 76.3 Å². The number of hydrogen-bond donors (Lipinski definition) is 1. The summed E-state index contributed by atoms with van der Waals surface area (Å²) in [5, 5.41) is 1.40. The van der Waals surface area contributed by atoms with E-state index in [0.717, 1.165) is 24.8 Å². The second-order valence-electron chi connectivity index (χ2n) is 10.4. The lowest BCUT2D eigenvalue weighted by Crippen LogP contribution is -2.52. The van der Waals surface area contributed by atoms with E-state index in [1.54, 1.807) is 9.80 Å². The third-order valence-corrected chi connectivity index (χ3v) is 6.54. The zero-order valence-corrected chi connectivity index (χ0v) is 20.8. The molecule has 3 atom stereocenters. The third kappa shape index (κ3) is 6.24. The van der Waals surface area contributed by atoms with Crippen LogP contribution in [0.5, 0.6) is 0 Å². The second kappa shape index (κ2) is 10.8. The second-order valence-corrected chi connectivity index (χ2v) is 10.4. The fourth-order valence-electron chi connectivity index (χ4n) is 4.80. The molecule has 35 heavy (non-hydrogen) atoms. The van der Waals surface area contributed by atoms with E-state index in [2.05, 4.69) is 5.48 Å². The minimum absolute atomic E-state index is 0.0687. The standard InChI is InChI=1S/C25H36N4O6/c1-25(2,3)35-24(32)27-14-8-7-11-20(27)17-33-26-22(30)21-13-12-19-15-28(21)23(31)29(19)34-16-18-9-5-4-6-10-18/h4-6,9-10,19-21H,7-8,11-17H2,1-3H3,(H,26,30)/t19-,20-,21+/m1/s1. The molecule has 0 saturated carbocycles. The fourth-order valence-corrected chi connectivity index (χ4v) is 4.80. The first-order valence-electron chi connectivity index (χ1n) is 12.4. The Labute approximate surface area is 206 Å². The van der Waals surface area contributed by atoms with Gasteiger partial charge in [-0.1, -0.05) is 30.3 Å². The number of benzene rings is 1. The number of amides is 4. The van der Waals surface area contributed by atoms with Crippen molar-refractivity contribution in [3.63, 3.8) is 0 Å². The van der Waals surface area contributed by atoms with Gasteiger partial charge in [-0.3, -0.25) is 14.5 Å². The first-order chi connectivity index (χ1) is 16.7. The van der Waals surface area contributed by atoms with Crippen molar-refractivity contribution < 1.29 is 28.8 Å². The summed E-state index contributed by atoms with van der Waals surface area (Å²) in [7, 11) is 0. The number of urea groups is 1. The summed E-state index contributed by atoms with van der Waals surface area (Å²) >= 11 is 0. The van der Waals surface area contributed by atoms with Crippen molar-refractivity contribution in [2.45, 2.75) is 83.2 Å². The zero-order valence-electron chi connectivity index (χ0n) is 20.8. The Balaban J connectivity index is 1.26. The van der Waals surface area contributed by atoms with Crippen LogP contribution in [0.2, 0.25) is 0 Å². The first-order valence-corrected chi connectivity index (χ1v) is 12.4. The van der Waals surface area contributed by atoms with Gasteiger partial charge in [0.2, 0.25) is 0 Å². The van der Waals surface area contributed by atoms with Gasteiger partial charge in [-0.2, -0.15) is 5.06 Å². The lowest BCUT2D eigenvalue weighted by atomic mass is 10.0. The Kier molecular flexibility index (Phi) is 7.81. The predicted molar refractivity (Wildman–Crippen MR) is 127 cm³/mol. The Morgan fingerprint density at radius 1 is 1.09 bits per heavy atom. The van der Waals surface area contributed by atoms with Gasteiger partial charge in [0.15, 0.2) is 0 Å². The highest BCUT2D eigenvalue weighted by atomic mass is 16.7. The van der Waals surface area contributed by atoms with E-state index in [9.17, 15) is 14.4 Å². The van der Waals surface area contributed by atoms with E-state index in [-0.39, 0.29) is 36.7 Å². The number of ether oxygens (including phenoxy) is 1. The molecular weight excluding hydrogens is 452 g/mol. The normalized spacial score (nSPS) is 24.5. The highest BCUT2D eigenvalue weighted by molar-refractivity contribution is 5.88. The maximum absolute atomic E-state index is 12.9. The molecule has 0 spiro atoms. The maximum atomic E-state index is 12.9. The Bertz CT molecular complexity index is 905. The summed E-state index contributed by atoms with van der Waals surface area (Å²) in [5.74, 6) is -0.360. The van der Waals surface area contributed by atoms with Crippen LogP contribution in [0.15, 0.2) is 30.3 Å². The lowest BCUT2D eigenvalue weighted by molar-refractivity contribution is -0.141. The number of hydroxylamine groups is 3. The monoisotopic (exact) mass is 488 g/mol.